The number of hydrogen-bond acceptors (Lipinski definition) is 1. The summed E-state index contributed by atoms with van der Waals surface area (Å²) < 4.78 is 1.10. The van der Waals surface area contributed by atoms with E-state index in [1.54, 1.807) is 0 Å². The average Bonchev–Trinajstić information content (AvgIpc) is 2.97. The van der Waals surface area contributed by atoms with Crippen LogP contribution in [0.25, 0.3) is 0 Å². The molecule has 0 amide bonds. The number of hydrogen-bond donors (Lipinski definition) is 1. The molecule has 1 aromatic rings. The quantitative estimate of drug-likeness (QED) is 0.852. The second kappa shape index (κ2) is 4.75. The van der Waals surface area contributed by atoms with Gasteiger partial charge in [-0.3, -0.25) is 0 Å². The highest BCUT2D eigenvalue weighted by Crippen LogP contribution is 2.33. The fourth-order valence-electron chi connectivity index (χ4n) is 1.60. The van der Waals surface area contributed by atoms with Crippen LogP contribution >= 0.6 is 27.5 Å². The molecule has 0 saturated heterocycles. The van der Waals surface area contributed by atoms with Crippen molar-refractivity contribution in [1.29, 1.82) is 0 Å². The van der Waals surface area contributed by atoms with Crippen LogP contribution < -0.4 is 5.32 Å². The third-order valence-corrected chi connectivity index (χ3v) is 3.88. The van der Waals surface area contributed by atoms with Crippen LogP contribution in [-0.2, 0) is 0 Å². The molecule has 3 heteroatoms. The second-order valence-corrected chi connectivity index (χ2v) is 5.50. The molecule has 0 heterocycles. The molecule has 2 rings (SSSR count). The van der Waals surface area contributed by atoms with Crippen LogP contribution in [0, 0.1) is 12.8 Å². The molecule has 0 unspecified atom stereocenters. The van der Waals surface area contributed by atoms with Gasteiger partial charge in [0.05, 0.1) is 0 Å². The first-order chi connectivity index (χ1) is 7.16. The van der Waals surface area contributed by atoms with Gasteiger partial charge in [-0.25, -0.2) is 0 Å². The lowest BCUT2D eigenvalue weighted by atomic mass is 10.2. The van der Waals surface area contributed by atoms with Crippen LogP contribution in [0.5, 0.6) is 0 Å². The smallest absolute Gasteiger partial charge is 0.0499 e. The van der Waals surface area contributed by atoms with Crippen molar-refractivity contribution in [2.24, 2.45) is 5.92 Å². The van der Waals surface area contributed by atoms with Crippen LogP contribution in [-0.4, -0.2) is 6.54 Å². The minimum atomic E-state index is 0.826. The Balaban J connectivity index is 1.96. The van der Waals surface area contributed by atoms with Gasteiger partial charge >= 0.3 is 0 Å². The van der Waals surface area contributed by atoms with Crippen molar-refractivity contribution in [2.75, 3.05) is 11.9 Å². The first-order valence-electron chi connectivity index (χ1n) is 5.36. The lowest BCUT2D eigenvalue weighted by Gasteiger charge is -2.10. The Bertz CT molecular complexity index is 361. The fraction of sp³-hybridized carbons (Fsp3) is 0.500. The van der Waals surface area contributed by atoms with Gasteiger partial charge in [-0.15, -0.1) is 0 Å². The number of halogens is 2. The molecule has 0 atom stereocenters. The van der Waals surface area contributed by atoms with Gasteiger partial charge in [0, 0.05) is 21.7 Å². The largest absolute Gasteiger partial charge is 0.384 e. The lowest BCUT2D eigenvalue weighted by Crippen LogP contribution is -2.03. The predicted molar refractivity (Wildman–Crippen MR) is 69.7 cm³/mol. The molecule has 1 aliphatic rings. The third-order valence-electron chi connectivity index (χ3n) is 2.81. The molecule has 1 aliphatic carbocycles. The Morgan fingerprint density at radius 2 is 2.20 bits per heavy atom. The van der Waals surface area contributed by atoms with Gasteiger partial charge in [0.25, 0.3) is 0 Å². The van der Waals surface area contributed by atoms with E-state index >= 15 is 0 Å². The summed E-state index contributed by atoms with van der Waals surface area (Å²) in [5, 5.41) is 4.25. The maximum absolute atomic E-state index is 6.08. The molecule has 15 heavy (non-hydrogen) atoms. The molecule has 82 valence electrons. The van der Waals surface area contributed by atoms with Crippen molar-refractivity contribution in [2.45, 2.75) is 26.2 Å². The van der Waals surface area contributed by atoms with E-state index in [0.29, 0.717) is 0 Å². The maximum Gasteiger partial charge on any atom is 0.0499 e. The number of aryl methyl sites for hydroxylation is 1. The normalized spacial score (nSPS) is 15.4. The topological polar surface area (TPSA) is 12.0 Å². The second-order valence-electron chi connectivity index (χ2n) is 4.24. The summed E-state index contributed by atoms with van der Waals surface area (Å²) >= 11 is 9.62. The van der Waals surface area contributed by atoms with Crippen molar-refractivity contribution in [1.82, 2.24) is 0 Å². The summed E-state index contributed by atoms with van der Waals surface area (Å²) in [6, 6.07) is 4.05. The van der Waals surface area contributed by atoms with E-state index in [4.69, 9.17) is 11.6 Å². The first-order valence-corrected chi connectivity index (χ1v) is 6.53. The van der Waals surface area contributed by atoms with Crippen molar-refractivity contribution in [3.05, 3.63) is 27.2 Å². The van der Waals surface area contributed by atoms with E-state index < -0.39 is 0 Å². The molecule has 0 bridgehead atoms. The molecule has 1 nitrogen and oxygen atoms in total. The Hall–Kier alpha value is -0.210. The Labute approximate surface area is 104 Å². The first kappa shape index (κ1) is 11.3. The Morgan fingerprint density at radius 3 is 2.87 bits per heavy atom. The van der Waals surface area contributed by atoms with Gasteiger partial charge < -0.3 is 5.32 Å². The van der Waals surface area contributed by atoms with E-state index in [0.717, 1.165) is 33.2 Å². The van der Waals surface area contributed by atoms with Crippen LogP contribution in [0.4, 0.5) is 5.69 Å². The molecule has 0 spiro atoms. The van der Waals surface area contributed by atoms with Crippen molar-refractivity contribution in [3.8, 4) is 0 Å². The number of nitrogens with one attached hydrogen (secondary N) is 1. The van der Waals surface area contributed by atoms with E-state index in [2.05, 4.69) is 27.3 Å². The highest BCUT2D eigenvalue weighted by atomic mass is 79.9. The zero-order valence-electron chi connectivity index (χ0n) is 8.82. The standard InChI is InChI=1S/C12H15BrClN/c1-8-6-10(13)12(7-11(8)14)15-5-4-9-2-3-9/h6-7,9,15H,2-5H2,1H3. The van der Waals surface area contributed by atoms with E-state index in [-0.39, 0.29) is 0 Å². The van der Waals surface area contributed by atoms with Gasteiger partial charge in [-0.05, 0) is 52.9 Å². The minimum Gasteiger partial charge on any atom is -0.384 e. The van der Waals surface area contributed by atoms with Gasteiger partial charge in [-0.1, -0.05) is 24.4 Å². The Kier molecular flexibility index (Phi) is 3.57. The molecular formula is C12H15BrClN. The highest BCUT2D eigenvalue weighted by molar-refractivity contribution is 9.10. The predicted octanol–water partition coefficient (Wildman–Crippen LogP) is 4.62. The van der Waals surface area contributed by atoms with Crippen LogP contribution in [0.2, 0.25) is 5.02 Å². The molecule has 0 aliphatic heterocycles. The molecule has 1 fully saturated rings. The number of anilines is 1. The summed E-state index contributed by atoms with van der Waals surface area (Å²) in [5.41, 5.74) is 2.21. The summed E-state index contributed by atoms with van der Waals surface area (Å²) in [6.07, 6.45) is 4.10. The summed E-state index contributed by atoms with van der Waals surface area (Å²) in [5.74, 6) is 0.970. The maximum atomic E-state index is 6.08. The Morgan fingerprint density at radius 1 is 1.47 bits per heavy atom. The van der Waals surface area contributed by atoms with Crippen molar-refractivity contribution in [3.63, 3.8) is 0 Å². The number of rotatable bonds is 4. The molecule has 1 aromatic carbocycles. The monoisotopic (exact) mass is 287 g/mol. The van der Waals surface area contributed by atoms with Gasteiger partial charge in [0.1, 0.15) is 0 Å². The van der Waals surface area contributed by atoms with E-state index in [1.807, 2.05) is 13.0 Å². The lowest BCUT2D eigenvalue weighted by molar-refractivity contribution is 0.760. The van der Waals surface area contributed by atoms with Crippen LogP contribution in [0.1, 0.15) is 24.8 Å². The zero-order chi connectivity index (χ0) is 10.8. The highest BCUT2D eigenvalue weighted by Gasteiger charge is 2.20. The molecule has 0 aromatic heterocycles. The summed E-state index contributed by atoms with van der Waals surface area (Å²) in [4.78, 5) is 0. The summed E-state index contributed by atoms with van der Waals surface area (Å²) in [6.45, 7) is 3.06. The summed E-state index contributed by atoms with van der Waals surface area (Å²) in [7, 11) is 0. The van der Waals surface area contributed by atoms with Gasteiger partial charge in [-0.2, -0.15) is 0 Å². The van der Waals surface area contributed by atoms with Crippen LogP contribution in [0.15, 0.2) is 16.6 Å². The third kappa shape index (κ3) is 3.12. The minimum absolute atomic E-state index is 0.826. The fourth-order valence-corrected chi connectivity index (χ4v) is 2.36. The van der Waals surface area contributed by atoms with Gasteiger partial charge in [0.15, 0.2) is 0 Å². The number of benzene rings is 1. The molecular weight excluding hydrogens is 273 g/mol. The van der Waals surface area contributed by atoms with Crippen molar-refractivity contribution < 1.29 is 0 Å². The average molecular weight is 289 g/mol. The van der Waals surface area contributed by atoms with E-state index in [1.165, 1.54) is 19.3 Å². The van der Waals surface area contributed by atoms with E-state index in [9.17, 15) is 0 Å². The van der Waals surface area contributed by atoms with Gasteiger partial charge in [0.2, 0.25) is 0 Å². The molecule has 1 N–H and O–H groups in total. The molecule has 1 saturated carbocycles. The van der Waals surface area contributed by atoms with Crippen molar-refractivity contribution >= 4 is 33.2 Å². The van der Waals surface area contributed by atoms with Crippen LogP contribution in [0.3, 0.4) is 0 Å². The zero-order valence-corrected chi connectivity index (χ0v) is 11.2. The SMILES string of the molecule is Cc1cc(Br)c(NCCC2CC2)cc1Cl. The molecule has 0 radical (unpaired) electrons.